The number of benzene rings is 1. The fraction of sp³-hybridized carbons (Fsp3) is 0.292. The molecule has 186 valence electrons. The van der Waals surface area contributed by atoms with E-state index in [0.717, 1.165) is 16.1 Å². The lowest BCUT2D eigenvalue weighted by Gasteiger charge is -2.25. The number of aryl methyl sites for hydroxylation is 2. The summed E-state index contributed by atoms with van der Waals surface area (Å²) in [5, 5.41) is 11.5. The first kappa shape index (κ1) is 23.5. The van der Waals surface area contributed by atoms with Crippen LogP contribution in [-0.4, -0.2) is 57.4 Å². The van der Waals surface area contributed by atoms with Gasteiger partial charge in [0.05, 0.1) is 32.2 Å². The van der Waals surface area contributed by atoms with Crippen LogP contribution in [0.4, 0.5) is 5.13 Å². The van der Waals surface area contributed by atoms with E-state index in [9.17, 15) is 9.59 Å². The number of thiazole rings is 1. The minimum atomic E-state index is -0.388. The van der Waals surface area contributed by atoms with E-state index < -0.39 is 0 Å². The summed E-state index contributed by atoms with van der Waals surface area (Å²) >= 11 is 1.35. The maximum atomic E-state index is 13.4. The first-order valence-electron chi connectivity index (χ1n) is 11.1. The largest absolute Gasteiger partial charge is 0.497 e. The van der Waals surface area contributed by atoms with Crippen LogP contribution in [0.5, 0.6) is 11.5 Å². The van der Waals surface area contributed by atoms with Crippen molar-refractivity contribution in [1.29, 1.82) is 0 Å². The summed E-state index contributed by atoms with van der Waals surface area (Å²) in [6, 6.07) is 8.76. The molecule has 1 N–H and O–H groups in total. The Hall–Kier alpha value is -4.19. The Balaban J connectivity index is 1.33. The van der Waals surface area contributed by atoms with Gasteiger partial charge in [0, 0.05) is 36.5 Å². The van der Waals surface area contributed by atoms with E-state index in [1.807, 2.05) is 6.07 Å². The van der Waals surface area contributed by atoms with Gasteiger partial charge in [0.15, 0.2) is 10.8 Å². The summed E-state index contributed by atoms with van der Waals surface area (Å²) in [4.78, 5) is 33.0. The summed E-state index contributed by atoms with van der Waals surface area (Å²) in [5.41, 5.74) is 2.87. The van der Waals surface area contributed by atoms with E-state index in [-0.39, 0.29) is 17.5 Å². The number of rotatable bonds is 6. The lowest BCUT2D eigenvalue weighted by Crippen LogP contribution is -2.36. The maximum Gasteiger partial charge on any atom is 0.279 e. The van der Waals surface area contributed by atoms with Gasteiger partial charge in [-0.05, 0) is 31.2 Å². The number of nitrogens with one attached hydrogen (secondary N) is 1. The van der Waals surface area contributed by atoms with Gasteiger partial charge in [0.25, 0.3) is 11.8 Å². The Labute approximate surface area is 210 Å². The Morgan fingerprint density at radius 3 is 2.72 bits per heavy atom. The Bertz CT molecular complexity index is 1460. The van der Waals surface area contributed by atoms with Crippen molar-refractivity contribution in [2.24, 2.45) is 7.05 Å². The van der Waals surface area contributed by atoms with Crippen molar-refractivity contribution in [3.63, 3.8) is 0 Å². The summed E-state index contributed by atoms with van der Waals surface area (Å²) in [5.74, 6) is 1.33. The number of ether oxygens (including phenoxy) is 2. The van der Waals surface area contributed by atoms with Crippen LogP contribution in [0.3, 0.4) is 0 Å². The standard InChI is InChI=1S/C24H24N6O5S/c1-13-9-18(28-35-13)22(31)26-24-25-16-7-8-30(12-21(16)36-24)23(32)19-11-17(27-29(19)2)15-10-14(33-3)5-6-20(15)34-4/h5-6,9-11H,7-8,12H2,1-4H3,(H,25,26,31). The summed E-state index contributed by atoms with van der Waals surface area (Å²) < 4.78 is 17.3. The minimum Gasteiger partial charge on any atom is -0.497 e. The number of methoxy groups -OCH3 is 2. The number of nitrogens with zero attached hydrogens (tertiary/aromatic N) is 5. The van der Waals surface area contributed by atoms with Gasteiger partial charge in [0.1, 0.15) is 23.0 Å². The molecule has 0 radical (unpaired) electrons. The lowest BCUT2D eigenvalue weighted by atomic mass is 10.1. The number of carbonyl (C=O) groups is 2. The number of anilines is 1. The zero-order chi connectivity index (χ0) is 25.4. The molecule has 2 amide bonds. The van der Waals surface area contributed by atoms with Crippen LogP contribution in [0.2, 0.25) is 0 Å². The molecule has 1 aromatic carbocycles. The normalized spacial score (nSPS) is 12.8. The first-order valence-corrected chi connectivity index (χ1v) is 12.0. The van der Waals surface area contributed by atoms with Crippen LogP contribution in [0.15, 0.2) is 34.9 Å². The predicted molar refractivity (Wildman–Crippen MR) is 131 cm³/mol. The fourth-order valence-electron chi connectivity index (χ4n) is 4.03. The predicted octanol–water partition coefficient (Wildman–Crippen LogP) is 3.31. The summed E-state index contributed by atoms with van der Waals surface area (Å²) in [7, 11) is 4.92. The fourth-order valence-corrected chi connectivity index (χ4v) is 5.05. The Morgan fingerprint density at radius 2 is 2.00 bits per heavy atom. The summed E-state index contributed by atoms with van der Waals surface area (Å²) in [6.45, 7) is 2.62. The monoisotopic (exact) mass is 508 g/mol. The topological polar surface area (TPSA) is 125 Å². The van der Waals surface area contributed by atoms with E-state index in [0.29, 0.717) is 53.3 Å². The smallest absolute Gasteiger partial charge is 0.279 e. The number of amides is 2. The van der Waals surface area contributed by atoms with Gasteiger partial charge in [-0.2, -0.15) is 5.10 Å². The van der Waals surface area contributed by atoms with Gasteiger partial charge in [-0.3, -0.25) is 19.6 Å². The van der Waals surface area contributed by atoms with Crippen molar-refractivity contribution in [2.75, 3.05) is 26.1 Å². The third kappa shape index (κ3) is 4.42. The molecule has 5 rings (SSSR count). The van der Waals surface area contributed by atoms with Crippen LogP contribution in [0.25, 0.3) is 11.3 Å². The highest BCUT2D eigenvalue weighted by Gasteiger charge is 2.28. The molecule has 4 aromatic rings. The van der Waals surface area contributed by atoms with E-state index in [1.54, 1.807) is 62.0 Å². The molecule has 0 saturated carbocycles. The third-order valence-electron chi connectivity index (χ3n) is 5.88. The van der Waals surface area contributed by atoms with Crippen LogP contribution in [-0.2, 0) is 20.0 Å². The van der Waals surface area contributed by atoms with E-state index >= 15 is 0 Å². The number of hydrogen-bond acceptors (Lipinski definition) is 9. The van der Waals surface area contributed by atoms with Crippen molar-refractivity contribution in [3.8, 4) is 22.8 Å². The van der Waals surface area contributed by atoms with E-state index in [1.165, 1.54) is 11.3 Å². The molecule has 1 aliphatic rings. The second-order valence-electron chi connectivity index (χ2n) is 8.25. The second-order valence-corrected chi connectivity index (χ2v) is 9.33. The minimum absolute atomic E-state index is 0.138. The van der Waals surface area contributed by atoms with Crippen molar-refractivity contribution >= 4 is 28.3 Å². The summed E-state index contributed by atoms with van der Waals surface area (Å²) in [6.07, 6.45) is 0.588. The maximum absolute atomic E-state index is 13.4. The first-order chi connectivity index (χ1) is 17.4. The van der Waals surface area contributed by atoms with Gasteiger partial charge < -0.3 is 18.9 Å². The van der Waals surface area contributed by atoms with Crippen LogP contribution < -0.4 is 14.8 Å². The Kier molecular flexibility index (Phi) is 6.18. The highest BCUT2D eigenvalue weighted by molar-refractivity contribution is 7.15. The van der Waals surface area contributed by atoms with Gasteiger partial charge in [-0.1, -0.05) is 16.5 Å². The van der Waals surface area contributed by atoms with Crippen molar-refractivity contribution in [2.45, 2.75) is 19.9 Å². The lowest BCUT2D eigenvalue weighted by molar-refractivity contribution is 0.0725. The van der Waals surface area contributed by atoms with Crippen molar-refractivity contribution in [1.82, 2.24) is 24.8 Å². The molecule has 36 heavy (non-hydrogen) atoms. The average Bonchev–Trinajstić information content (AvgIpc) is 3.60. The molecule has 0 aliphatic carbocycles. The molecule has 0 fully saturated rings. The molecule has 0 bridgehead atoms. The second kappa shape index (κ2) is 9.46. The van der Waals surface area contributed by atoms with Gasteiger partial charge >= 0.3 is 0 Å². The molecule has 0 saturated heterocycles. The number of fused-ring (bicyclic) bond motifs is 1. The molecule has 12 heteroatoms. The quantitative estimate of drug-likeness (QED) is 0.421. The average molecular weight is 509 g/mol. The molecule has 11 nitrogen and oxygen atoms in total. The third-order valence-corrected chi connectivity index (χ3v) is 6.88. The highest BCUT2D eigenvalue weighted by Crippen LogP contribution is 2.34. The zero-order valence-corrected chi connectivity index (χ0v) is 21.0. The van der Waals surface area contributed by atoms with Gasteiger partial charge in [-0.25, -0.2) is 4.98 Å². The van der Waals surface area contributed by atoms with Crippen LogP contribution in [0, 0.1) is 6.92 Å². The van der Waals surface area contributed by atoms with Gasteiger partial charge in [0.2, 0.25) is 0 Å². The van der Waals surface area contributed by atoms with Crippen LogP contribution >= 0.6 is 11.3 Å². The SMILES string of the molecule is COc1ccc(OC)c(-c2cc(C(=O)N3CCc4nc(NC(=O)c5cc(C)on5)sc4C3)n(C)n2)c1. The molecule has 0 spiro atoms. The highest BCUT2D eigenvalue weighted by atomic mass is 32.1. The van der Waals surface area contributed by atoms with Crippen LogP contribution in [0.1, 0.15) is 37.3 Å². The molecule has 1 aliphatic heterocycles. The van der Waals surface area contributed by atoms with Crippen molar-refractivity contribution < 1.29 is 23.6 Å². The van der Waals surface area contributed by atoms with E-state index in [4.69, 9.17) is 14.0 Å². The molecule has 0 unspecified atom stereocenters. The molecular formula is C24H24N6O5S. The number of carbonyl (C=O) groups excluding carboxylic acids is 2. The number of hydrogen-bond donors (Lipinski definition) is 1. The van der Waals surface area contributed by atoms with Crippen molar-refractivity contribution in [3.05, 3.63) is 58.1 Å². The molecule has 4 heterocycles. The molecule has 3 aromatic heterocycles. The zero-order valence-electron chi connectivity index (χ0n) is 20.2. The van der Waals surface area contributed by atoms with Gasteiger partial charge in [-0.15, -0.1) is 0 Å². The molecular weight excluding hydrogens is 484 g/mol. The molecule has 0 atom stereocenters. The Morgan fingerprint density at radius 1 is 1.17 bits per heavy atom. The van der Waals surface area contributed by atoms with E-state index in [2.05, 4.69) is 20.6 Å². The number of aromatic nitrogens is 4.